The number of rotatable bonds is 5. The molecule has 0 unspecified atom stereocenters. The molecule has 0 saturated carbocycles. The van der Waals surface area contributed by atoms with Crippen LogP contribution in [-0.4, -0.2) is 21.0 Å². The van der Waals surface area contributed by atoms with Crippen molar-refractivity contribution in [1.82, 2.24) is 20.3 Å². The lowest BCUT2D eigenvalue weighted by Gasteiger charge is -2.09. The van der Waals surface area contributed by atoms with Gasteiger partial charge in [-0.3, -0.25) is 0 Å². The molecule has 0 fully saturated rings. The number of carbonyl (C=O) groups excluding carboxylic acids is 1. The van der Waals surface area contributed by atoms with Crippen molar-refractivity contribution in [3.63, 3.8) is 0 Å². The fraction of sp³-hybridized carbons (Fsp3) is 0.235. The maximum absolute atomic E-state index is 12.0. The molecule has 0 aliphatic carbocycles. The minimum absolute atomic E-state index is 0.266. The lowest BCUT2D eigenvalue weighted by Crippen LogP contribution is -2.28. The molecule has 0 saturated heterocycles. The van der Waals surface area contributed by atoms with E-state index in [1.165, 1.54) is 5.56 Å². The number of thiophene rings is 1. The summed E-state index contributed by atoms with van der Waals surface area (Å²) in [6.45, 7) is 4.59. The van der Waals surface area contributed by atoms with Gasteiger partial charge in [-0.2, -0.15) is 11.3 Å². The van der Waals surface area contributed by atoms with Gasteiger partial charge in [0.2, 0.25) is 0 Å². The van der Waals surface area contributed by atoms with Crippen molar-refractivity contribution in [2.45, 2.75) is 26.3 Å². The summed E-state index contributed by atoms with van der Waals surface area (Å²) in [5.74, 6) is 0.471. The molecule has 3 rings (SSSR count). The van der Waals surface area contributed by atoms with Gasteiger partial charge >= 0.3 is 6.03 Å². The van der Waals surface area contributed by atoms with Gasteiger partial charge in [-0.1, -0.05) is 31.2 Å². The average molecular weight is 341 g/mol. The highest BCUT2D eigenvalue weighted by atomic mass is 32.1. The highest BCUT2D eigenvalue weighted by Crippen LogP contribution is 2.17. The zero-order valence-corrected chi connectivity index (χ0v) is 14.4. The molecule has 0 aliphatic heterocycles. The summed E-state index contributed by atoms with van der Waals surface area (Å²) in [4.78, 5) is 12.0. The second kappa shape index (κ2) is 7.27. The highest BCUT2D eigenvalue weighted by molar-refractivity contribution is 7.08. The molecular weight excluding hydrogens is 322 g/mol. The average Bonchev–Trinajstić information content (AvgIpc) is 3.25. The van der Waals surface area contributed by atoms with Crippen molar-refractivity contribution < 1.29 is 4.79 Å². The molecule has 0 atom stereocenters. The molecule has 0 bridgehead atoms. The molecule has 24 heavy (non-hydrogen) atoms. The van der Waals surface area contributed by atoms with E-state index in [0.29, 0.717) is 18.2 Å². The first-order chi connectivity index (χ1) is 11.6. The summed E-state index contributed by atoms with van der Waals surface area (Å²) >= 11 is 1.60. The number of hydrogen-bond acceptors (Lipinski definition) is 4. The van der Waals surface area contributed by atoms with Crippen molar-refractivity contribution in [2.75, 3.05) is 5.32 Å². The monoisotopic (exact) mass is 341 g/mol. The van der Waals surface area contributed by atoms with Crippen molar-refractivity contribution in [2.24, 2.45) is 0 Å². The number of hydrogen-bond donors (Lipinski definition) is 2. The van der Waals surface area contributed by atoms with Gasteiger partial charge < -0.3 is 10.6 Å². The van der Waals surface area contributed by atoms with E-state index >= 15 is 0 Å². The number of urea groups is 1. The predicted molar refractivity (Wildman–Crippen MR) is 95.6 cm³/mol. The molecule has 2 heterocycles. The van der Waals surface area contributed by atoms with Gasteiger partial charge in [0, 0.05) is 11.1 Å². The fourth-order valence-electron chi connectivity index (χ4n) is 2.19. The molecular formula is C17H19N5OS. The van der Waals surface area contributed by atoms with Crippen LogP contribution in [0.2, 0.25) is 0 Å². The van der Waals surface area contributed by atoms with E-state index < -0.39 is 0 Å². The Morgan fingerprint density at radius 2 is 2.04 bits per heavy atom. The maximum Gasteiger partial charge on any atom is 0.319 e. The lowest BCUT2D eigenvalue weighted by molar-refractivity contribution is 0.251. The van der Waals surface area contributed by atoms with Crippen LogP contribution in [0.4, 0.5) is 10.5 Å². The molecule has 2 N–H and O–H groups in total. The second-order valence-electron chi connectivity index (χ2n) is 5.72. The van der Waals surface area contributed by atoms with E-state index in [9.17, 15) is 4.79 Å². The van der Waals surface area contributed by atoms with E-state index in [1.54, 1.807) is 22.2 Å². The SMILES string of the molecule is CC(C)c1ccc(NC(=O)NCc2cn(-c3ccsc3)nn2)cc1. The van der Waals surface area contributed by atoms with Crippen molar-refractivity contribution in [3.8, 4) is 5.69 Å². The first kappa shape index (κ1) is 16.2. The van der Waals surface area contributed by atoms with E-state index in [2.05, 4.69) is 34.8 Å². The number of carbonyl (C=O) groups is 1. The minimum atomic E-state index is -0.266. The molecule has 3 aromatic rings. The third kappa shape index (κ3) is 3.99. The van der Waals surface area contributed by atoms with Gasteiger partial charge in [-0.15, -0.1) is 5.10 Å². The number of nitrogens with one attached hydrogen (secondary N) is 2. The molecule has 0 spiro atoms. The number of aromatic nitrogens is 3. The maximum atomic E-state index is 12.0. The van der Waals surface area contributed by atoms with Crippen LogP contribution >= 0.6 is 11.3 Å². The number of benzene rings is 1. The lowest BCUT2D eigenvalue weighted by atomic mass is 10.0. The van der Waals surface area contributed by atoms with Crippen LogP contribution in [-0.2, 0) is 6.54 Å². The van der Waals surface area contributed by atoms with Crippen LogP contribution in [0.25, 0.3) is 5.69 Å². The van der Waals surface area contributed by atoms with Crippen LogP contribution < -0.4 is 10.6 Å². The second-order valence-corrected chi connectivity index (χ2v) is 6.50. The Kier molecular flexibility index (Phi) is 4.90. The molecule has 0 radical (unpaired) electrons. The zero-order valence-electron chi connectivity index (χ0n) is 13.6. The van der Waals surface area contributed by atoms with E-state index in [1.807, 2.05) is 41.1 Å². The smallest absolute Gasteiger partial charge is 0.319 e. The third-order valence-electron chi connectivity index (χ3n) is 3.58. The van der Waals surface area contributed by atoms with Crippen LogP contribution in [0.5, 0.6) is 0 Å². The Morgan fingerprint density at radius 1 is 1.25 bits per heavy atom. The standard InChI is InChI=1S/C17H19N5OS/c1-12(2)13-3-5-14(6-4-13)19-17(23)18-9-15-10-22(21-20-15)16-7-8-24-11-16/h3-8,10-12H,9H2,1-2H3,(H2,18,19,23). The first-order valence-corrected chi connectivity index (χ1v) is 8.64. The van der Waals surface area contributed by atoms with Crippen molar-refractivity contribution in [1.29, 1.82) is 0 Å². The fourth-order valence-corrected chi connectivity index (χ4v) is 2.81. The van der Waals surface area contributed by atoms with Crippen LogP contribution in [0, 0.1) is 0 Å². The molecule has 7 heteroatoms. The third-order valence-corrected chi connectivity index (χ3v) is 4.25. The predicted octanol–water partition coefficient (Wildman–Crippen LogP) is 3.77. The van der Waals surface area contributed by atoms with Gasteiger partial charge in [-0.05, 0) is 35.1 Å². The number of nitrogens with zero attached hydrogens (tertiary/aromatic N) is 3. The Morgan fingerprint density at radius 3 is 2.71 bits per heavy atom. The summed E-state index contributed by atoms with van der Waals surface area (Å²) in [7, 11) is 0. The number of anilines is 1. The van der Waals surface area contributed by atoms with E-state index in [4.69, 9.17) is 0 Å². The summed E-state index contributed by atoms with van der Waals surface area (Å²) < 4.78 is 1.69. The summed E-state index contributed by atoms with van der Waals surface area (Å²) in [5.41, 5.74) is 3.67. The Hall–Kier alpha value is -2.67. The van der Waals surface area contributed by atoms with Crippen LogP contribution in [0.15, 0.2) is 47.3 Å². The first-order valence-electron chi connectivity index (χ1n) is 7.70. The van der Waals surface area contributed by atoms with Gasteiger partial charge in [0.15, 0.2) is 0 Å². The Bertz CT molecular complexity index is 793. The van der Waals surface area contributed by atoms with Crippen molar-refractivity contribution in [3.05, 3.63) is 58.5 Å². The molecule has 6 nitrogen and oxygen atoms in total. The number of amides is 2. The van der Waals surface area contributed by atoms with Gasteiger partial charge in [0.25, 0.3) is 0 Å². The van der Waals surface area contributed by atoms with E-state index in [0.717, 1.165) is 11.4 Å². The molecule has 2 aromatic heterocycles. The molecule has 124 valence electrons. The largest absolute Gasteiger partial charge is 0.332 e. The van der Waals surface area contributed by atoms with Crippen LogP contribution in [0.3, 0.4) is 0 Å². The quantitative estimate of drug-likeness (QED) is 0.742. The molecule has 0 aliphatic rings. The normalized spacial score (nSPS) is 10.8. The Labute approximate surface area is 144 Å². The van der Waals surface area contributed by atoms with Gasteiger partial charge in [0.05, 0.1) is 18.4 Å². The van der Waals surface area contributed by atoms with Gasteiger partial charge in [-0.25, -0.2) is 9.48 Å². The van der Waals surface area contributed by atoms with Gasteiger partial charge in [0.1, 0.15) is 5.69 Å². The summed E-state index contributed by atoms with van der Waals surface area (Å²) in [5, 5.41) is 17.7. The molecule has 2 amide bonds. The van der Waals surface area contributed by atoms with Crippen LogP contribution in [0.1, 0.15) is 31.0 Å². The highest BCUT2D eigenvalue weighted by Gasteiger charge is 2.06. The Balaban J connectivity index is 1.52. The van der Waals surface area contributed by atoms with Crippen molar-refractivity contribution >= 4 is 23.1 Å². The summed E-state index contributed by atoms with van der Waals surface area (Å²) in [6.07, 6.45) is 1.81. The minimum Gasteiger partial charge on any atom is -0.332 e. The summed E-state index contributed by atoms with van der Waals surface area (Å²) in [6, 6.07) is 9.55. The zero-order chi connectivity index (χ0) is 16.9. The topological polar surface area (TPSA) is 71.8 Å². The molecule has 1 aromatic carbocycles. The van der Waals surface area contributed by atoms with E-state index in [-0.39, 0.29) is 6.03 Å².